The summed E-state index contributed by atoms with van der Waals surface area (Å²) < 4.78 is 11.1. The van der Waals surface area contributed by atoms with Crippen molar-refractivity contribution in [3.63, 3.8) is 0 Å². The van der Waals surface area contributed by atoms with Gasteiger partial charge in [-0.15, -0.1) is 0 Å². The molecule has 0 aliphatic rings. The molecule has 2 aromatic carbocycles. The molecular formula is C21H29NO3. The Morgan fingerprint density at radius 3 is 2.52 bits per heavy atom. The number of rotatable bonds is 9. The molecular weight excluding hydrogens is 314 g/mol. The molecule has 0 saturated heterocycles. The molecule has 4 nitrogen and oxygen atoms in total. The molecule has 2 aromatic rings. The molecule has 0 heterocycles. The van der Waals surface area contributed by atoms with Crippen LogP contribution in [-0.4, -0.2) is 42.4 Å². The van der Waals surface area contributed by atoms with Gasteiger partial charge in [0, 0.05) is 19.1 Å². The van der Waals surface area contributed by atoms with Crippen LogP contribution >= 0.6 is 0 Å². The highest BCUT2D eigenvalue weighted by molar-refractivity contribution is 5.31. The number of hydrogen-bond donors (Lipinski definition) is 1. The topological polar surface area (TPSA) is 41.9 Å². The zero-order valence-electron chi connectivity index (χ0n) is 15.6. The van der Waals surface area contributed by atoms with Crippen molar-refractivity contribution in [1.82, 2.24) is 4.90 Å². The Morgan fingerprint density at radius 1 is 1.08 bits per heavy atom. The molecule has 0 fully saturated rings. The SMILES string of the molecule is COc1cccc(CN(C[C@H](O)COc2ccccc2C)C(C)C)c1. The van der Waals surface area contributed by atoms with Crippen molar-refractivity contribution in [3.05, 3.63) is 59.7 Å². The third kappa shape index (κ3) is 6.07. The van der Waals surface area contributed by atoms with Crippen LogP contribution in [-0.2, 0) is 6.54 Å². The van der Waals surface area contributed by atoms with E-state index in [0.29, 0.717) is 12.6 Å². The summed E-state index contributed by atoms with van der Waals surface area (Å²) >= 11 is 0. The van der Waals surface area contributed by atoms with Crippen LogP contribution in [0, 0.1) is 6.92 Å². The van der Waals surface area contributed by atoms with Crippen molar-refractivity contribution in [2.45, 2.75) is 39.5 Å². The summed E-state index contributed by atoms with van der Waals surface area (Å²) in [7, 11) is 1.67. The van der Waals surface area contributed by atoms with E-state index >= 15 is 0 Å². The zero-order chi connectivity index (χ0) is 18.2. The Bertz CT molecular complexity index is 657. The number of hydrogen-bond acceptors (Lipinski definition) is 4. The van der Waals surface area contributed by atoms with Crippen LogP contribution in [0.3, 0.4) is 0 Å². The number of ether oxygens (including phenoxy) is 2. The first kappa shape index (κ1) is 19.3. The summed E-state index contributed by atoms with van der Waals surface area (Å²) in [4.78, 5) is 2.24. The van der Waals surface area contributed by atoms with Crippen LogP contribution in [0.1, 0.15) is 25.0 Å². The first-order valence-corrected chi connectivity index (χ1v) is 8.73. The first-order chi connectivity index (χ1) is 12.0. The van der Waals surface area contributed by atoms with Gasteiger partial charge >= 0.3 is 0 Å². The van der Waals surface area contributed by atoms with Gasteiger partial charge in [-0.25, -0.2) is 0 Å². The second kappa shape index (κ2) is 9.44. The lowest BCUT2D eigenvalue weighted by Crippen LogP contribution is -2.39. The van der Waals surface area contributed by atoms with Gasteiger partial charge < -0.3 is 14.6 Å². The number of para-hydroxylation sites is 1. The molecule has 136 valence electrons. The zero-order valence-corrected chi connectivity index (χ0v) is 15.6. The average molecular weight is 343 g/mol. The van der Waals surface area contributed by atoms with E-state index in [-0.39, 0.29) is 6.61 Å². The summed E-state index contributed by atoms with van der Waals surface area (Å²) in [6.07, 6.45) is -0.549. The lowest BCUT2D eigenvalue weighted by Gasteiger charge is -2.29. The maximum atomic E-state index is 10.4. The Labute approximate surface area is 151 Å². The summed E-state index contributed by atoms with van der Waals surface area (Å²) in [5.41, 5.74) is 2.24. The fourth-order valence-corrected chi connectivity index (χ4v) is 2.69. The minimum Gasteiger partial charge on any atom is -0.497 e. The maximum absolute atomic E-state index is 10.4. The van der Waals surface area contributed by atoms with E-state index in [2.05, 4.69) is 24.8 Å². The van der Waals surface area contributed by atoms with Gasteiger partial charge in [0.05, 0.1) is 7.11 Å². The number of benzene rings is 2. The Kier molecular flexibility index (Phi) is 7.29. The monoisotopic (exact) mass is 343 g/mol. The fourth-order valence-electron chi connectivity index (χ4n) is 2.69. The van der Waals surface area contributed by atoms with E-state index in [4.69, 9.17) is 9.47 Å². The third-order valence-corrected chi connectivity index (χ3v) is 4.22. The Balaban J connectivity index is 1.92. The molecule has 0 amide bonds. The predicted octanol–water partition coefficient (Wildman–Crippen LogP) is 3.65. The molecule has 0 radical (unpaired) electrons. The number of aryl methyl sites for hydroxylation is 1. The Morgan fingerprint density at radius 2 is 1.84 bits per heavy atom. The van der Waals surface area contributed by atoms with Gasteiger partial charge in [0.2, 0.25) is 0 Å². The quantitative estimate of drug-likeness (QED) is 0.754. The molecule has 25 heavy (non-hydrogen) atoms. The molecule has 0 aliphatic carbocycles. The summed E-state index contributed by atoms with van der Waals surface area (Å²) in [5, 5.41) is 10.4. The van der Waals surface area contributed by atoms with Gasteiger partial charge in [-0.05, 0) is 50.1 Å². The van der Waals surface area contributed by atoms with E-state index in [1.165, 1.54) is 5.56 Å². The summed E-state index contributed by atoms with van der Waals surface area (Å²) in [6.45, 7) is 7.87. The van der Waals surface area contributed by atoms with Crippen molar-refractivity contribution >= 4 is 0 Å². The number of methoxy groups -OCH3 is 1. The number of aliphatic hydroxyl groups excluding tert-OH is 1. The van der Waals surface area contributed by atoms with Crippen LogP contribution < -0.4 is 9.47 Å². The van der Waals surface area contributed by atoms with Gasteiger partial charge in [0.15, 0.2) is 0 Å². The standard InChI is InChI=1S/C21H29NO3/c1-16(2)22(13-18-9-7-10-20(12-18)24-4)14-19(23)15-25-21-11-6-5-8-17(21)3/h5-12,16,19,23H,13-15H2,1-4H3/t19-/m0/s1. The molecule has 4 heteroatoms. The normalized spacial score (nSPS) is 12.4. The molecule has 0 bridgehead atoms. The summed E-state index contributed by atoms with van der Waals surface area (Å²) in [6, 6.07) is 16.2. The lowest BCUT2D eigenvalue weighted by molar-refractivity contribution is 0.0541. The fraction of sp³-hybridized carbons (Fsp3) is 0.429. The maximum Gasteiger partial charge on any atom is 0.122 e. The van der Waals surface area contributed by atoms with E-state index in [1.54, 1.807) is 7.11 Å². The van der Waals surface area contributed by atoms with E-state index in [0.717, 1.165) is 23.6 Å². The van der Waals surface area contributed by atoms with Gasteiger partial charge in [-0.3, -0.25) is 4.90 Å². The van der Waals surface area contributed by atoms with E-state index in [1.807, 2.05) is 49.4 Å². The van der Waals surface area contributed by atoms with Crippen LogP contribution in [0.2, 0.25) is 0 Å². The van der Waals surface area contributed by atoms with Gasteiger partial charge in [0.25, 0.3) is 0 Å². The van der Waals surface area contributed by atoms with Crippen LogP contribution in [0.5, 0.6) is 11.5 Å². The first-order valence-electron chi connectivity index (χ1n) is 8.73. The van der Waals surface area contributed by atoms with Crippen LogP contribution in [0.15, 0.2) is 48.5 Å². The minimum atomic E-state index is -0.549. The lowest BCUT2D eigenvalue weighted by atomic mass is 10.1. The second-order valence-corrected chi connectivity index (χ2v) is 6.61. The predicted molar refractivity (Wildman–Crippen MR) is 101 cm³/mol. The molecule has 1 atom stereocenters. The molecule has 1 N–H and O–H groups in total. The van der Waals surface area contributed by atoms with Crippen LogP contribution in [0.25, 0.3) is 0 Å². The van der Waals surface area contributed by atoms with Crippen molar-refractivity contribution < 1.29 is 14.6 Å². The largest absolute Gasteiger partial charge is 0.497 e. The highest BCUT2D eigenvalue weighted by Gasteiger charge is 2.16. The van der Waals surface area contributed by atoms with Gasteiger partial charge in [-0.2, -0.15) is 0 Å². The molecule has 2 rings (SSSR count). The average Bonchev–Trinajstić information content (AvgIpc) is 2.60. The van der Waals surface area contributed by atoms with Crippen LogP contribution in [0.4, 0.5) is 0 Å². The van der Waals surface area contributed by atoms with Gasteiger partial charge in [-0.1, -0.05) is 30.3 Å². The number of aliphatic hydroxyl groups is 1. The molecule has 0 unspecified atom stereocenters. The highest BCUT2D eigenvalue weighted by atomic mass is 16.5. The minimum absolute atomic E-state index is 0.284. The Hall–Kier alpha value is -2.04. The van der Waals surface area contributed by atoms with Crippen molar-refractivity contribution in [2.75, 3.05) is 20.3 Å². The molecule has 0 saturated carbocycles. The highest BCUT2D eigenvalue weighted by Crippen LogP contribution is 2.18. The smallest absolute Gasteiger partial charge is 0.122 e. The molecule has 0 aromatic heterocycles. The second-order valence-electron chi connectivity index (χ2n) is 6.61. The van der Waals surface area contributed by atoms with Crippen molar-refractivity contribution in [1.29, 1.82) is 0 Å². The van der Waals surface area contributed by atoms with E-state index in [9.17, 15) is 5.11 Å². The van der Waals surface area contributed by atoms with Crippen molar-refractivity contribution in [3.8, 4) is 11.5 Å². The van der Waals surface area contributed by atoms with Gasteiger partial charge in [0.1, 0.15) is 24.2 Å². The molecule has 0 aliphatic heterocycles. The number of nitrogens with zero attached hydrogens (tertiary/aromatic N) is 1. The third-order valence-electron chi connectivity index (χ3n) is 4.22. The van der Waals surface area contributed by atoms with E-state index < -0.39 is 6.10 Å². The van der Waals surface area contributed by atoms with Crippen molar-refractivity contribution in [2.24, 2.45) is 0 Å². The summed E-state index contributed by atoms with van der Waals surface area (Å²) in [5.74, 6) is 1.68. The molecule has 0 spiro atoms.